The van der Waals surface area contributed by atoms with Crippen molar-refractivity contribution in [2.45, 2.75) is 19.3 Å². The minimum Gasteiger partial charge on any atom is -0.360 e. The number of halogens is 1. The van der Waals surface area contributed by atoms with Gasteiger partial charge in [0.1, 0.15) is 5.82 Å². The first-order chi connectivity index (χ1) is 6.84. The lowest BCUT2D eigenvalue weighted by Gasteiger charge is -2.17. The lowest BCUT2D eigenvalue weighted by atomic mass is 10.2. The third-order valence-corrected chi connectivity index (χ3v) is 2.43. The molecule has 0 aromatic carbocycles. The summed E-state index contributed by atoms with van der Waals surface area (Å²) in [5.74, 6) is 1.81. The van der Waals surface area contributed by atoms with E-state index in [0.29, 0.717) is 0 Å². The molecule has 0 fully saturated rings. The fraction of sp³-hybridized carbons (Fsp3) is 0.545. The van der Waals surface area contributed by atoms with Crippen molar-refractivity contribution in [2.75, 3.05) is 24.4 Å². The first-order valence-corrected chi connectivity index (χ1v) is 5.56. The SMILES string of the molecule is CN(CCCCCCl)c1ccccn1. The van der Waals surface area contributed by atoms with Crippen LogP contribution in [0.2, 0.25) is 0 Å². The molecule has 0 N–H and O–H groups in total. The van der Waals surface area contributed by atoms with Crippen molar-refractivity contribution in [1.29, 1.82) is 0 Å². The second-order valence-corrected chi connectivity index (χ2v) is 3.74. The molecule has 78 valence electrons. The number of aromatic nitrogens is 1. The number of nitrogens with zero attached hydrogens (tertiary/aromatic N) is 2. The Labute approximate surface area is 90.9 Å². The van der Waals surface area contributed by atoms with Crippen LogP contribution in [0.5, 0.6) is 0 Å². The molecule has 0 aliphatic heterocycles. The zero-order chi connectivity index (χ0) is 10.2. The molecule has 0 bridgehead atoms. The summed E-state index contributed by atoms with van der Waals surface area (Å²) >= 11 is 5.61. The maximum atomic E-state index is 5.61. The lowest BCUT2D eigenvalue weighted by molar-refractivity contribution is 0.704. The van der Waals surface area contributed by atoms with Crippen LogP contribution in [0.3, 0.4) is 0 Å². The van der Waals surface area contributed by atoms with Gasteiger partial charge >= 0.3 is 0 Å². The molecule has 0 atom stereocenters. The molecule has 0 saturated carbocycles. The molecule has 0 saturated heterocycles. The molecule has 3 heteroatoms. The van der Waals surface area contributed by atoms with Crippen molar-refractivity contribution < 1.29 is 0 Å². The number of pyridine rings is 1. The minimum absolute atomic E-state index is 0.771. The maximum absolute atomic E-state index is 5.61. The predicted molar refractivity (Wildman–Crippen MR) is 62.1 cm³/mol. The first kappa shape index (κ1) is 11.3. The van der Waals surface area contributed by atoms with E-state index in [0.717, 1.165) is 24.7 Å². The van der Waals surface area contributed by atoms with Gasteiger partial charge < -0.3 is 4.90 Å². The topological polar surface area (TPSA) is 16.1 Å². The smallest absolute Gasteiger partial charge is 0.128 e. The summed E-state index contributed by atoms with van der Waals surface area (Å²) in [6, 6.07) is 5.98. The van der Waals surface area contributed by atoms with E-state index in [4.69, 9.17) is 11.6 Å². The summed E-state index contributed by atoms with van der Waals surface area (Å²) < 4.78 is 0. The highest BCUT2D eigenvalue weighted by molar-refractivity contribution is 6.17. The molecule has 1 rings (SSSR count). The molecule has 1 aromatic heterocycles. The predicted octanol–water partition coefficient (Wildman–Crippen LogP) is 2.93. The summed E-state index contributed by atoms with van der Waals surface area (Å²) in [4.78, 5) is 6.45. The average Bonchev–Trinajstić information content (AvgIpc) is 2.25. The highest BCUT2D eigenvalue weighted by Crippen LogP contribution is 2.08. The number of anilines is 1. The summed E-state index contributed by atoms with van der Waals surface area (Å²) in [6.45, 7) is 1.05. The van der Waals surface area contributed by atoms with Gasteiger partial charge in [-0.25, -0.2) is 4.98 Å². The van der Waals surface area contributed by atoms with Crippen molar-refractivity contribution in [3.8, 4) is 0 Å². The Balaban J connectivity index is 2.25. The Morgan fingerprint density at radius 1 is 1.29 bits per heavy atom. The minimum atomic E-state index is 0.771. The third-order valence-electron chi connectivity index (χ3n) is 2.17. The van der Waals surface area contributed by atoms with E-state index >= 15 is 0 Å². The van der Waals surface area contributed by atoms with Gasteiger partial charge in [0.25, 0.3) is 0 Å². The molecule has 1 heterocycles. The van der Waals surface area contributed by atoms with Crippen LogP contribution < -0.4 is 4.90 Å². The molecule has 0 aliphatic carbocycles. The fourth-order valence-electron chi connectivity index (χ4n) is 1.31. The Morgan fingerprint density at radius 2 is 2.14 bits per heavy atom. The van der Waals surface area contributed by atoms with Crippen molar-refractivity contribution in [3.63, 3.8) is 0 Å². The van der Waals surface area contributed by atoms with Crippen molar-refractivity contribution in [3.05, 3.63) is 24.4 Å². The van der Waals surface area contributed by atoms with E-state index < -0.39 is 0 Å². The average molecular weight is 213 g/mol. The molecule has 0 unspecified atom stereocenters. The molecule has 0 spiro atoms. The number of hydrogen-bond acceptors (Lipinski definition) is 2. The largest absolute Gasteiger partial charge is 0.360 e. The maximum Gasteiger partial charge on any atom is 0.128 e. The normalized spacial score (nSPS) is 10.1. The Morgan fingerprint density at radius 3 is 2.79 bits per heavy atom. The molecule has 14 heavy (non-hydrogen) atoms. The first-order valence-electron chi connectivity index (χ1n) is 5.02. The van der Waals surface area contributed by atoms with Gasteiger partial charge in [0.05, 0.1) is 0 Å². The van der Waals surface area contributed by atoms with Crippen molar-refractivity contribution in [1.82, 2.24) is 4.98 Å². The van der Waals surface area contributed by atoms with Crippen LogP contribution in [0.4, 0.5) is 5.82 Å². The van der Waals surface area contributed by atoms with Crippen LogP contribution in [0.15, 0.2) is 24.4 Å². The number of hydrogen-bond donors (Lipinski definition) is 0. The van der Waals surface area contributed by atoms with Gasteiger partial charge in [0.2, 0.25) is 0 Å². The summed E-state index contributed by atoms with van der Waals surface area (Å²) in [5, 5.41) is 0. The molecule has 2 nitrogen and oxygen atoms in total. The number of alkyl halides is 1. The standard InChI is InChI=1S/C11H17ClN2/c1-14(10-6-2-4-8-12)11-7-3-5-9-13-11/h3,5,7,9H,2,4,6,8,10H2,1H3. The van der Waals surface area contributed by atoms with Gasteiger partial charge in [-0.2, -0.15) is 0 Å². The van der Waals surface area contributed by atoms with Crippen LogP contribution in [0.25, 0.3) is 0 Å². The van der Waals surface area contributed by atoms with Gasteiger partial charge in [-0.1, -0.05) is 12.5 Å². The highest BCUT2D eigenvalue weighted by atomic mass is 35.5. The second kappa shape index (κ2) is 6.66. The van der Waals surface area contributed by atoms with E-state index in [9.17, 15) is 0 Å². The molecule has 0 aliphatic rings. The summed E-state index contributed by atoms with van der Waals surface area (Å²) in [7, 11) is 2.07. The van der Waals surface area contributed by atoms with Gasteiger partial charge in [0, 0.05) is 25.7 Å². The Bertz CT molecular complexity index is 238. The van der Waals surface area contributed by atoms with Crippen LogP contribution in [-0.4, -0.2) is 24.5 Å². The molecular weight excluding hydrogens is 196 g/mol. The van der Waals surface area contributed by atoms with Gasteiger partial charge in [-0.3, -0.25) is 0 Å². The van der Waals surface area contributed by atoms with Gasteiger partial charge in [0.15, 0.2) is 0 Å². The number of unbranched alkanes of at least 4 members (excludes halogenated alkanes) is 2. The van der Waals surface area contributed by atoms with Crippen LogP contribution in [0, 0.1) is 0 Å². The van der Waals surface area contributed by atoms with E-state index in [1.807, 2.05) is 24.4 Å². The van der Waals surface area contributed by atoms with Crippen LogP contribution >= 0.6 is 11.6 Å². The fourth-order valence-corrected chi connectivity index (χ4v) is 1.50. The van der Waals surface area contributed by atoms with Crippen LogP contribution in [0.1, 0.15) is 19.3 Å². The monoisotopic (exact) mass is 212 g/mol. The highest BCUT2D eigenvalue weighted by Gasteiger charge is 1.99. The van der Waals surface area contributed by atoms with E-state index in [-0.39, 0.29) is 0 Å². The quantitative estimate of drug-likeness (QED) is 0.533. The van der Waals surface area contributed by atoms with Gasteiger partial charge in [-0.05, 0) is 25.0 Å². The van der Waals surface area contributed by atoms with E-state index in [2.05, 4.69) is 16.9 Å². The Kier molecular flexibility index (Phi) is 5.38. The second-order valence-electron chi connectivity index (χ2n) is 3.36. The lowest BCUT2D eigenvalue weighted by Crippen LogP contribution is -2.19. The van der Waals surface area contributed by atoms with Crippen LogP contribution in [-0.2, 0) is 0 Å². The zero-order valence-electron chi connectivity index (χ0n) is 8.62. The summed E-state index contributed by atoms with van der Waals surface area (Å²) in [5.41, 5.74) is 0. The number of rotatable bonds is 6. The molecular formula is C11H17ClN2. The zero-order valence-corrected chi connectivity index (χ0v) is 9.37. The molecule has 0 amide bonds. The van der Waals surface area contributed by atoms with Crippen molar-refractivity contribution >= 4 is 17.4 Å². The third kappa shape index (κ3) is 3.97. The van der Waals surface area contributed by atoms with E-state index in [1.165, 1.54) is 12.8 Å². The Hall–Kier alpha value is -0.760. The van der Waals surface area contributed by atoms with Crippen molar-refractivity contribution in [2.24, 2.45) is 0 Å². The molecule has 1 aromatic rings. The van der Waals surface area contributed by atoms with E-state index in [1.54, 1.807) is 0 Å². The van der Waals surface area contributed by atoms with Gasteiger partial charge in [-0.15, -0.1) is 11.6 Å². The molecule has 0 radical (unpaired) electrons. The summed E-state index contributed by atoms with van der Waals surface area (Å²) in [6.07, 6.45) is 5.31.